The van der Waals surface area contributed by atoms with Crippen LogP contribution in [-0.4, -0.2) is 10.2 Å². The van der Waals surface area contributed by atoms with Crippen LogP contribution in [0.2, 0.25) is 0 Å². The zero-order valence-corrected chi connectivity index (χ0v) is 9.41. The van der Waals surface area contributed by atoms with Crippen molar-refractivity contribution >= 4 is 11.8 Å². The molecule has 0 radical (unpaired) electrons. The van der Waals surface area contributed by atoms with Gasteiger partial charge in [-0.3, -0.25) is 0 Å². The molecular weight excluding hydrogens is 228 g/mol. The first-order valence-electron chi connectivity index (χ1n) is 5.49. The first-order valence-corrected chi connectivity index (χ1v) is 5.49. The van der Waals surface area contributed by atoms with Crippen LogP contribution in [0.4, 0.5) is 5.69 Å². The Labute approximate surface area is 104 Å². The molecule has 2 N–H and O–H groups in total. The largest absolute Gasteiger partial charge is 0.504 e. The van der Waals surface area contributed by atoms with E-state index in [2.05, 4.69) is 10.2 Å². The van der Waals surface area contributed by atoms with Crippen molar-refractivity contribution < 1.29 is 10.2 Å². The third-order valence-electron chi connectivity index (χ3n) is 2.85. The van der Waals surface area contributed by atoms with E-state index in [1.807, 2.05) is 30.3 Å². The summed E-state index contributed by atoms with van der Waals surface area (Å²) in [7, 11) is 0. The molecule has 1 aliphatic rings. The van der Waals surface area contributed by atoms with Gasteiger partial charge >= 0.3 is 0 Å². The third-order valence-corrected chi connectivity index (χ3v) is 2.85. The van der Waals surface area contributed by atoms with Gasteiger partial charge in [-0.2, -0.15) is 10.2 Å². The lowest BCUT2D eigenvalue weighted by Gasteiger charge is -2.12. The fourth-order valence-electron chi connectivity index (χ4n) is 2.00. The van der Waals surface area contributed by atoms with Gasteiger partial charge in [0.15, 0.2) is 11.5 Å². The molecule has 0 aromatic heterocycles. The van der Waals surface area contributed by atoms with Crippen molar-refractivity contribution in [2.24, 2.45) is 10.2 Å². The second-order valence-corrected chi connectivity index (χ2v) is 3.95. The fraction of sp³-hybridized carbons (Fsp3) is 0. The van der Waals surface area contributed by atoms with Gasteiger partial charge < -0.3 is 10.2 Å². The number of aromatic hydroxyl groups is 2. The average Bonchev–Trinajstić information content (AvgIpc) is 2.36. The molecule has 1 heterocycles. The lowest BCUT2D eigenvalue weighted by Crippen LogP contribution is -1.87. The summed E-state index contributed by atoms with van der Waals surface area (Å²) in [4.78, 5) is 0. The van der Waals surface area contributed by atoms with Gasteiger partial charge in [-0.25, -0.2) is 0 Å². The Bertz CT molecular complexity index is 675. The number of rotatable bonds is 0. The molecule has 0 bridgehead atoms. The Kier molecular flexibility index (Phi) is 2.34. The molecule has 0 aliphatic carbocycles. The minimum absolute atomic E-state index is 0.164. The molecule has 0 amide bonds. The lowest BCUT2D eigenvalue weighted by atomic mass is 9.96. The van der Waals surface area contributed by atoms with Gasteiger partial charge in [-0.05, 0) is 29.3 Å². The molecule has 2 aromatic rings. The Balaban J connectivity index is 2.40. The number of phenolic OH excluding ortho intramolecular Hbond substituents is 2. The first kappa shape index (κ1) is 10.5. The Morgan fingerprint density at radius 1 is 0.944 bits per heavy atom. The zero-order valence-electron chi connectivity index (χ0n) is 9.41. The van der Waals surface area contributed by atoms with Crippen LogP contribution >= 0.6 is 0 Å². The molecule has 3 rings (SSSR count). The molecule has 2 aromatic carbocycles. The van der Waals surface area contributed by atoms with Gasteiger partial charge in [0.2, 0.25) is 0 Å². The van der Waals surface area contributed by atoms with Crippen LogP contribution in [0.1, 0.15) is 5.56 Å². The summed E-state index contributed by atoms with van der Waals surface area (Å²) in [5.74, 6) is -0.336. The maximum Gasteiger partial charge on any atom is 0.167 e. The molecule has 0 spiro atoms. The van der Waals surface area contributed by atoms with Crippen LogP contribution in [-0.2, 0) is 0 Å². The summed E-state index contributed by atoms with van der Waals surface area (Å²) < 4.78 is 0. The molecular formula is C14H10N2O2. The molecule has 0 saturated carbocycles. The topological polar surface area (TPSA) is 65.2 Å². The first-order chi connectivity index (χ1) is 8.77. The average molecular weight is 238 g/mol. The Morgan fingerprint density at radius 3 is 2.67 bits per heavy atom. The Hall–Kier alpha value is -2.62. The van der Waals surface area contributed by atoms with Gasteiger partial charge in [-0.1, -0.05) is 24.3 Å². The van der Waals surface area contributed by atoms with Gasteiger partial charge in [0, 0.05) is 0 Å². The predicted octanol–water partition coefficient (Wildman–Crippen LogP) is 3.83. The fourth-order valence-corrected chi connectivity index (χ4v) is 2.00. The predicted molar refractivity (Wildman–Crippen MR) is 68.8 cm³/mol. The van der Waals surface area contributed by atoms with E-state index in [0.717, 1.165) is 11.1 Å². The molecule has 1 aliphatic heterocycles. The van der Waals surface area contributed by atoms with Gasteiger partial charge in [0.1, 0.15) is 0 Å². The Morgan fingerprint density at radius 2 is 1.78 bits per heavy atom. The van der Waals surface area contributed by atoms with Crippen LogP contribution in [0.15, 0.2) is 52.8 Å². The van der Waals surface area contributed by atoms with Crippen molar-refractivity contribution in [3.05, 3.63) is 48.2 Å². The maximum absolute atomic E-state index is 10.0. The number of hydrogen-bond donors (Lipinski definition) is 2. The van der Waals surface area contributed by atoms with E-state index in [9.17, 15) is 10.2 Å². The summed E-state index contributed by atoms with van der Waals surface area (Å²) >= 11 is 0. The molecule has 0 atom stereocenters. The van der Waals surface area contributed by atoms with Crippen molar-refractivity contribution in [2.45, 2.75) is 0 Å². The highest BCUT2D eigenvalue weighted by atomic mass is 16.3. The van der Waals surface area contributed by atoms with Gasteiger partial charge in [-0.15, -0.1) is 0 Å². The highest BCUT2D eigenvalue weighted by Crippen LogP contribution is 2.45. The lowest BCUT2D eigenvalue weighted by molar-refractivity contribution is 0.405. The van der Waals surface area contributed by atoms with E-state index in [0.29, 0.717) is 11.3 Å². The van der Waals surface area contributed by atoms with Gasteiger partial charge in [0.25, 0.3) is 0 Å². The normalized spacial score (nSPS) is 12.4. The molecule has 88 valence electrons. The SMILES string of the molecule is Oc1ccc2c(c1O)-c1ccccc1C=CN=N2. The standard InChI is InChI=1S/C14H10N2O2/c17-12-6-5-11-13(14(12)18)10-4-2-1-3-9(10)7-8-15-16-11/h1-8,17-18H. The van der Waals surface area contributed by atoms with E-state index in [4.69, 9.17) is 0 Å². The summed E-state index contributed by atoms with van der Waals surface area (Å²) in [6, 6.07) is 10.6. The van der Waals surface area contributed by atoms with E-state index in [-0.39, 0.29) is 11.5 Å². The highest BCUT2D eigenvalue weighted by molar-refractivity contribution is 5.88. The summed E-state index contributed by atoms with van der Waals surface area (Å²) in [5, 5.41) is 27.6. The summed E-state index contributed by atoms with van der Waals surface area (Å²) in [6.45, 7) is 0. The van der Waals surface area contributed by atoms with Crippen molar-refractivity contribution in [1.82, 2.24) is 0 Å². The van der Waals surface area contributed by atoms with E-state index < -0.39 is 0 Å². The van der Waals surface area contributed by atoms with Gasteiger partial charge in [0.05, 0.1) is 17.5 Å². The number of benzene rings is 2. The molecule has 4 heteroatoms. The summed E-state index contributed by atoms with van der Waals surface area (Å²) in [5.41, 5.74) is 2.76. The highest BCUT2D eigenvalue weighted by Gasteiger charge is 2.17. The number of hydrogen-bond acceptors (Lipinski definition) is 4. The zero-order chi connectivity index (χ0) is 12.5. The van der Waals surface area contributed by atoms with E-state index in [1.54, 1.807) is 12.3 Å². The monoisotopic (exact) mass is 238 g/mol. The van der Waals surface area contributed by atoms with Crippen molar-refractivity contribution in [3.8, 4) is 22.6 Å². The molecule has 0 unspecified atom stereocenters. The third kappa shape index (κ3) is 1.55. The van der Waals surface area contributed by atoms with Crippen LogP contribution in [0.5, 0.6) is 11.5 Å². The number of azo groups is 1. The molecule has 18 heavy (non-hydrogen) atoms. The number of fused-ring (bicyclic) bond motifs is 3. The molecule has 0 fully saturated rings. The van der Waals surface area contributed by atoms with Crippen molar-refractivity contribution in [1.29, 1.82) is 0 Å². The van der Waals surface area contributed by atoms with Crippen LogP contribution < -0.4 is 0 Å². The van der Waals surface area contributed by atoms with Crippen LogP contribution in [0.25, 0.3) is 17.2 Å². The van der Waals surface area contributed by atoms with Crippen molar-refractivity contribution in [3.63, 3.8) is 0 Å². The van der Waals surface area contributed by atoms with Crippen LogP contribution in [0, 0.1) is 0 Å². The second-order valence-electron chi connectivity index (χ2n) is 3.95. The van der Waals surface area contributed by atoms with Crippen LogP contribution in [0.3, 0.4) is 0 Å². The minimum Gasteiger partial charge on any atom is -0.504 e. The van der Waals surface area contributed by atoms with Crippen molar-refractivity contribution in [2.75, 3.05) is 0 Å². The second kappa shape index (κ2) is 4.00. The molecule has 4 nitrogen and oxygen atoms in total. The number of nitrogens with zero attached hydrogens (tertiary/aromatic N) is 2. The van der Waals surface area contributed by atoms with E-state index >= 15 is 0 Å². The molecule has 0 saturated heterocycles. The number of phenols is 2. The van der Waals surface area contributed by atoms with E-state index in [1.165, 1.54) is 6.07 Å². The smallest absolute Gasteiger partial charge is 0.167 e. The quantitative estimate of drug-likeness (QED) is 0.685. The minimum atomic E-state index is -0.172. The maximum atomic E-state index is 10.0. The summed E-state index contributed by atoms with van der Waals surface area (Å²) in [6.07, 6.45) is 3.41.